The van der Waals surface area contributed by atoms with Crippen molar-refractivity contribution in [2.45, 2.75) is 0 Å². The van der Waals surface area contributed by atoms with Crippen LogP contribution < -0.4 is 0 Å². The maximum Gasteiger partial charge on any atom is 0.167 e. The van der Waals surface area contributed by atoms with Gasteiger partial charge in [-0.2, -0.15) is 0 Å². The molecule has 0 saturated carbocycles. The van der Waals surface area contributed by atoms with Crippen LogP contribution in [0.15, 0.2) is 186 Å². The van der Waals surface area contributed by atoms with Gasteiger partial charge in [0.25, 0.3) is 0 Å². The molecule has 5 nitrogen and oxygen atoms in total. The van der Waals surface area contributed by atoms with Crippen molar-refractivity contribution >= 4 is 75.1 Å². The molecule has 8 aromatic carbocycles. The van der Waals surface area contributed by atoms with Crippen LogP contribution in [0.5, 0.6) is 0 Å². The van der Waals surface area contributed by atoms with Crippen LogP contribution in [-0.4, -0.2) is 19.9 Å². The molecule has 6 heteroatoms. The van der Waals surface area contributed by atoms with Gasteiger partial charge in [0, 0.05) is 69.4 Å². The van der Waals surface area contributed by atoms with Crippen molar-refractivity contribution in [3.05, 3.63) is 182 Å². The quantitative estimate of drug-likeness (QED) is 0.164. The number of hydrogen-bond donors (Lipinski definition) is 0. The van der Waals surface area contributed by atoms with Crippen molar-refractivity contribution < 1.29 is 4.42 Å². The molecule has 12 aromatic rings. The Morgan fingerprint density at radius 2 is 0.983 bits per heavy atom. The number of pyridine rings is 1. The summed E-state index contributed by atoms with van der Waals surface area (Å²) in [5, 5.41) is 8.13. The van der Waals surface area contributed by atoms with Crippen LogP contribution in [0, 0.1) is 0 Å². The number of furan rings is 1. The molecular formula is C52H30N4OS. The number of nitrogens with zero attached hydrogens (tertiary/aromatic N) is 4. The highest BCUT2D eigenvalue weighted by molar-refractivity contribution is 7.26. The second-order valence-electron chi connectivity index (χ2n) is 14.5. The van der Waals surface area contributed by atoms with E-state index in [2.05, 4.69) is 121 Å². The van der Waals surface area contributed by atoms with E-state index in [-0.39, 0.29) is 0 Å². The topological polar surface area (TPSA) is 64.7 Å². The lowest BCUT2D eigenvalue weighted by molar-refractivity contribution is 0.669. The minimum atomic E-state index is 0.553. The molecule has 58 heavy (non-hydrogen) atoms. The van der Waals surface area contributed by atoms with Crippen LogP contribution in [-0.2, 0) is 0 Å². The first-order chi connectivity index (χ1) is 28.7. The van der Waals surface area contributed by atoms with E-state index in [4.69, 9.17) is 24.4 Å². The van der Waals surface area contributed by atoms with E-state index in [1.165, 1.54) is 25.6 Å². The van der Waals surface area contributed by atoms with Gasteiger partial charge in [0.1, 0.15) is 11.2 Å². The molecule has 0 fully saturated rings. The van der Waals surface area contributed by atoms with Gasteiger partial charge in [-0.25, -0.2) is 19.9 Å². The van der Waals surface area contributed by atoms with Crippen molar-refractivity contribution in [1.82, 2.24) is 19.9 Å². The number of thiophene rings is 1. The van der Waals surface area contributed by atoms with Gasteiger partial charge in [-0.15, -0.1) is 11.3 Å². The summed E-state index contributed by atoms with van der Waals surface area (Å²) in [6.45, 7) is 0. The Morgan fingerprint density at radius 3 is 1.83 bits per heavy atom. The Labute approximate surface area is 336 Å². The summed E-state index contributed by atoms with van der Waals surface area (Å²) < 4.78 is 9.01. The summed E-state index contributed by atoms with van der Waals surface area (Å²) in [4.78, 5) is 20.9. The van der Waals surface area contributed by atoms with Crippen molar-refractivity contribution in [3.63, 3.8) is 0 Å². The molecule has 0 saturated heterocycles. The van der Waals surface area contributed by atoms with E-state index in [9.17, 15) is 0 Å². The van der Waals surface area contributed by atoms with E-state index in [1.54, 1.807) is 0 Å². The van der Waals surface area contributed by atoms with Crippen LogP contribution in [0.25, 0.3) is 120 Å². The first-order valence-corrected chi connectivity index (χ1v) is 20.1. The Balaban J connectivity index is 1.09. The molecule has 0 aliphatic carbocycles. The largest absolute Gasteiger partial charge is 0.455 e. The zero-order chi connectivity index (χ0) is 38.2. The summed E-state index contributed by atoms with van der Waals surface area (Å²) in [7, 11) is 0. The van der Waals surface area contributed by atoms with Crippen molar-refractivity contribution in [3.8, 4) is 56.5 Å². The Kier molecular flexibility index (Phi) is 7.33. The first-order valence-electron chi connectivity index (χ1n) is 19.3. The molecule has 0 aliphatic rings. The monoisotopic (exact) mass is 758 g/mol. The maximum atomic E-state index is 6.46. The summed E-state index contributed by atoms with van der Waals surface area (Å²) in [6.07, 6.45) is 0. The molecule has 0 aliphatic heterocycles. The lowest BCUT2D eigenvalue weighted by Gasteiger charge is -2.15. The molecular weight excluding hydrogens is 729 g/mol. The minimum absolute atomic E-state index is 0.553. The second kappa shape index (κ2) is 13.0. The number of rotatable bonds is 5. The minimum Gasteiger partial charge on any atom is -0.455 e. The average molecular weight is 759 g/mol. The summed E-state index contributed by atoms with van der Waals surface area (Å²) in [5.41, 5.74) is 9.26. The van der Waals surface area contributed by atoms with E-state index < -0.39 is 0 Å². The van der Waals surface area contributed by atoms with Gasteiger partial charge >= 0.3 is 0 Å². The third kappa shape index (κ3) is 5.16. The van der Waals surface area contributed by atoms with Crippen LogP contribution >= 0.6 is 11.3 Å². The van der Waals surface area contributed by atoms with Gasteiger partial charge in [0.05, 0.1) is 16.8 Å². The smallest absolute Gasteiger partial charge is 0.167 e. The first kappa shape index (κ1) is 32.7. The summed E-state index contributed by atoms with van der Waals surface area (Å²) in [5.74, 6) is 1.72. The molecule has 0 spiro atoms. The number of aromatic nitrogens is 4. The molecule has 0 bridgehead atoms. The van der Waals surface area contributed by atoms with Gasteiger partial charge in [0.15, 0.2) is 17.5 Å². The van der Waals surface area contributed by atoms with Crippen molar-refractivity contribution in [1.29, 1.82) is 0 Å². The molecule has 4 heterocycles. The highest BCUT2D eigenvalue weighted by atomic mass is 32.1. The standard InChI is InChI=1S/C52H30N4OS/c1-3-14-31(15-4-1)47-40-28-29-44-46(38-21-8-10-27-43(38)58-44)45(40)39-24-12-22-35(48(39)53-47)33-18-11-19-34(30-33)51-54-50(32-16-5-2-6-17-32)55-52(56-51)41-25-13-23-37-36-20-7-9-26-42(36)57-49(37)41/h1-30H. The van der Waals surface area contributed by atoms with E-state index >= 15 is 0 Å². The lowest BCUT2D eigenvalue weighted by atomic mass is 9.93. The highest BCUT2D eigenvalue weighted by Gasteiger charge is 2.21. The normalized spacial score (nSPS) is 11.8. The van der Waals surface area contributed by atoms with Crippen LogP contribution in [0.1, 0.15) is 0 Å². The fraction of sp³-hybridized carbons (Fsp3) is 0. The van der Waals surface area contributed by atoms with E-state index in [0.29, 0.717) is 17.5 Å². The fourth-order valence-corrected chi connectivity index (χ4v) is 9.59. The third-order valence-electron chi connectivity index (χ3n) is 11.1. The fourth-order valence-electron chi connectivity index (χ4n) is 8.47. The maximum absolute atomic E-state index is 6.46. The average Bonchev–Trinajstić information content (AvgIpc) is 3.88. The Bertz CT molecular complexity index is 3570. The molecule has 0 atom stereocenters. The van der Waals surface area contributed by atoms with Gasteiger partial charge in [-0.05, 0) is 35.9 Å². The van der Waals surface area contributed by atoms with E-state index in [1.807, 2.05) is 72.0 Å². The number of benzene rings is 8. The number of fused-ring (bicyclic) bond motifs is 10. The Hall–Kier alpha value is -7.54. The summed E-state index contributed by atoms with van der Waals surface area (Å²) >= 11 is 1.84. The van der Waals surface area contributed by atoms with Crippen LogP contribution in [0.3, 0.4) is 0 Å². The number of hydrogen-bond acceptors (Lipinski definition) is 6. The molecule has 0 amide bonds. The van der Waals surface area contributed by atoms with Crippen molar-refractivity contribution in [2.75, 3.05) is 0 Å². The molecule has 12 rings (SSSR count). The molecule has 0 unspecified atom stereocenters. The van der Waals surface area contributed by atoms with Crippen LogP contribution in [0.2, 0.25) is 0 Å². The van der Waals surface area contributed by atoms with Gasteiger partial charge in [-0.3, -0.25) is 0 Å². The van der Waals surface area contributed by atoms with E-state index in [0.717, 1.165) is 77.3 Å². The molecule has 0 radical (unpaired) electrons. The predicted octanol–water partition coefficient (Wildman–Crippen LogP) is 14.2. The SMILES string of the molecule is c1ccc(-c2nc(-c3cccc(-c4cccc5c4nc(-c4ccccc4)c4ccc6sc7ccccc7c6c45)c3)nc(-c3cccc4c3oc3ccccc34)n2)cc1. The van der Waals surface area contributed by atoms with Crippen molar-refractivity contribution in [2.24, 2.45) is 0 Å². The van der Waals surface area contributed by atoms with Gasteiger partial charge in [0.2, 0.25) is 0 Å². The molecule has 0 N–H and O–H groups in total. The third-order valence-corrected chi connectivity index (χ3v) is 12.3. The zero-order valence-electron chi connectivity index (χ0n) is 30.9. The molecule has 270 valence electrons. The second-order valence-corrected chi connectivity index (χ2v) is 15.6. The Morgan fingerprint density at radius 1 is 0.362 bits per heavy atom. The number of para-hydroxylation sites is 3. The summed E-state index contributed by atoms with van der Waals surface area (Å²) in [6, 6.07) is 63.2. The highest BCUT2D eigenvalue weighted by Crippen LogP contribution is 2.45. The lowest BCUT2D eigenvalue weighted by Crippen LogP contribution is -2.00. The molecule has 4 aromatic heterocycles. The van der Waals surface area contributed by atoms with Gasteiger partial charge in [-0.1, -0.05) is 152 Å². The predicted molar refractivity (Wildman–Crippen MR) is 240 cm³/mol. The van der Waals surface area contributed by atoms with Crippen LogP contribution in [0.4, 0.5) is 0 Å². The zero-order valence-corrected chi connectivity index (χ0v) is 31.7. The van der Waals surface area contributed by atoms with Gasteiger partial charge < -0.3 is 4.42 Å².